The van der Waals surface area contributed by atoms with Gasteiger partial charge in [0, 0.05) is 19.3 Å². The second-order valence-electron chi connectivity index (χ2n) is 18.3. The molecule has 0 aromatic carbocycles. The SMILES string of the molecule is CCCCCCCCCCCCCCCC(=O)OC[C@H](COC(=O)CCCCCCCCCCCCCCCCC(C)C)OC(=O)CCCCCCCCCCCC. The van der Waals surface area contributed by atoms with Gasteiger partial charge in [0.15, 0.2) is 6.10 Å². The van der Waals surface area contributed by atoms with Gasteiger partial charge in [-0.1, -0.05) is 252 Å². The second-order valence-corrected chi connectivity index (χ2v) is 18.3. The van der Waals surface area contributed by atoms with Crippen molar-refractivity contribution in [1.29, 1.82) is 0 Å². The normalized spacial score (nSPS) is 11.9. The Bertz CT molecular complexity index is 872. The molecule has 1 atom stereocenters. The summed E-state index contributed by atoms with van der Waals surface area (Å²) in [6, 6.07) is 0. The van der Waals surface area contributed by atoms with Crippen molar-refractivity contribution >= 4 is 17.9 Å². The first-order valence-corrected chi connectivity index (χ1v) is 25.9. The van der Waals surface area contributed by atoms with E-state index in [-0.39, 0.29) is 31.1 Å². The maximum absolute atomic E-state index is 12.7. The maximum Gasteiger partial charge on any atom is 0.306 e. The molecular weight excluding hydrogens is 721 g/mol. The number of carbonyl (C=O) groups excluding carboxylic acids is 3. The Morgan fingerprint density at radius 1 is 0.328 bits per heavy atom. The van der Waals surface area contributed by atoms with Gasteiger partial charge in [0.05, 0.1) is 0 Å². The highest BCUT2D eigenvalue weighted by atomic mass is 16.6. The van der Waals surface area contributed by atoms with E-state index in [4.69, 9.17) is 14.2 Å². The van der Waals surface area contributed by atoms with Crippen molar-refractivity contribution < 1.29 is 28.6 Å². The van der Waals surface area contributed by atoms with E-state index in [1.165, 1.54) is 186 Å². The monoisotopic (exact) mass is 821 g/mol. The topological polar surface area (TPSA) is 78.9 Å². The Labute approximate surface area is 361 Å². The Morgan fingerprint density at radius 2 is 0.569 bits per heavy atom. The molecule has 0 unspecified atom stereocenters. The molecule has 0 rings (SSSR count). The minimum Gasteiger partial charge on any atom is -0.462 e. The van der Waals surface area contributed by atoms with Crippen LogP contribution in [0.15, 0.2) is 0 Å². The lowest BCUT2D eigenvalue weighted by molar-refractivity contribution is -0.167. The van der Waals surface area contributed by atoms with Gasteiger partial charge in [0.25, 0.3) is 0 Å². The van der Waals surface area contributed by atoms with E-state index < -0.39 is 6.10 Å². The van der Waals surface area contributed by atoms with Gasteiger partial charge in [0.2, 0.25) is 0 Å². The van der Waals surface area contributed by atoms with Crippen LogP contribution in [0, 0.1) is 5.92 Å². The van der Waals surface area contributed by atoms with Crippen LogP contribution in [-0.4, -0.2) is 37.2 Å². The van der Waals surface area contributed by atoms with Crippen LogP contribution < -0.4 is 0 Å². The average Bonchev–Trinajstić information content (AvgIpc) is 3.21. The Balaban J connectivity index is 4.25. The number of unbranched alkanes of at least 4 members (excludes halogenated alkanes) is 34. The molecule has 0 spiro atoms. The fourth-order valence-electron chi connectivity index (χ4n) is 7.86. The highest BCUT2D eigenvalue weighted by Gasteiger charge is 2.19. The molecule has 0 saturated heterocycles. The summed E-state index contributed by atoms with van der Waals surface area (Å²) in [5.41, 5.74) is 0. The number of esters is 3. The molecule has 0 saturated carbocycles. The van der Waals surface area contributed by atoms with Crippen molar-refractivity contribution in [3.05, 3.63) is 0 Å². The molecular formula is C52H100O6. The predicted octanol–water partition coefficient (Wildman–Crippen LogP) is 16.7. The fourth-order valence-corrected chi connectivity index (χ4v) is 7.86. The van der Waals surface area contributed by atoms with Crippen LogP contribution in [0.25, 0.3) is 0 Å². The highest BCUT2D eigenvalue weighted by molar-refractivity contribution is 5.71. The number of ether oxygens (including phenoxy) is 3. The van der Waals surface area contributed by atoms with Gasteiger partial charge in [-0.05, 0) is 25.2 Å². The van der Waals surface area contributed by atoms with Gasteiger partial charge in [-0.2, -0.15) is 0 Å². The van der Waals surface area contributed by atoms with Gasteiger partial charge in [-0.15, -0.1) is 0 Å². The molecule has 0 radical (unpaired) electrons. The van der Waals surface area contributed by atoms with Crippen LogP contribution in [0.5, 0.6) is 0 Å². The first-order chi connectivity index (χ1) is 28.4. The Kier molecular flexibility index (Phi) is 45.2. The van der Waals surface area contributed by atoms with E-state index in [0.717, 1.165) is 63.7 Å². The Morgan fingerprint density at radius 3 is 0.845 bits per heavy atom. The zero-order valence-electron chi connectivity index (χ0n) is 39.5. The molecule has 6 heteroatoms. The molecule has 0 N–H and O–H groups in total. The summed E-state index contributed by atoms with van der Waals surface area (Å²) in [5, 5.41) is 0. The molecule has 0 bridgehead atoms. The maximum atomic E-state index is 12.7. The number of carbonyl (C=O) groups is 3. The van der Waals surface area contributed by atoms with Crippen LogP contribution in [0.3, 0.4) is 0 Å². The zero-order chi connectivity index (χ0) is 42.4. The third-order valence-electron chi connectivity index (χ3n) is 11.8. The van der Waals surface area contributed by atoms with Crippen molar-refractivity contribution in [3.8, 4) is 0 Å². The fraction of sp³-hybridized carbons (Fsp3) is 0.942. The third-order valence-corrected chi connectivity index (χ3v) is 11.8. The number of hydrogen-bond donors (Lipinski definition) is 0. The number of hydrogen-bond acceptors (Lipinski definition) is 6. The van der Waals surface area contributed by atoms with E-state index >= 15 is 0 Å². The van der Waals surface area contributed by atoms with Crippen LogP contribution in [0.4, 0.5) is 0 Å². The molecule has 58 heavy (non-hydrogen) atoms. The van der Waals surface area contributed by atoms with Crippen LogP contribution in [-0.2, 0) is 28.6 Å². The first kappa shape index (κ1) is 56.4. The summed E-state index contributed by atoms with van der Waals surface area (Å²) >= 11 is 0. The largest absolute Gasteiger partial charge is 0.462 e. The quantitative estimate of drug-likeness (QED) is 0.0346. The van der Waals surface area contributed by atoms with Gasteiger partial charge in [-0.25, -0.2) is 0 Å². The van der Waals surface area contributed by atoms with Crippen LogP contribution >= 0.6 is 0 Å². The van der Waals surface area contributed by atoms with Gasteiger partial charge >= 0.3 is 17.9 Å². The van der Waals surface area contributed by atoms with Crippen molar-refractivity contribution in [3.63, 3.8) is 0 Å². The van der Waals surface area contributed by atoms with Crippen molar-refractivity contribution in [2.45, 2.75) is 297 Å². The molecule has 344 valence electrons. The van der Waals surface area contributed by atoms with Crippen LogP contribution in [0.1, 0.15) is 291 Å². The summed E-state index contributed by atoms with van der Waals surface area (Å²) in [6.07, 6.45) is 48.0. The van der Waals surface area contributed by atoms with Crippen molar-refractivity contribution in [1.82, 2.24) is 0 Å². The number of rotatable bonds is 47. The van der Waals surface area contributed by atoms with E-state index in [9.17, 15) is 14.4 Å². The molecule has 0 aromatic rings. The minimum atomic E-state index is -0.759. The standard InChI is InChI=1S/C52H100O6/c1-5-7-9-11-13-15-17-20-24-28-31-35-39-43-50(53)56-46-49(58-52(55)45-41-37-33-27-16-14-12-10-8-6-2)47-57-51(54)44-40-36-32-29-25-22-19-18-21-23-26-30-34-38-42-48(3)4/h48-49H,5-47H2,1-4H3/t49-/m1/s1. The predicted molar refractivity (Wildman–Crippen MR) is 247 cm³/mol. The van der Waals surface area contributed by atoms with Crippen molar-refractivity contribution in [2.75, 3.05) is 13.2 Å². The summed E-state index contributed by atoms with van der Waals surface area (Å²) in [5.74, 6) is -0.000593. The second kappa shape index (κ2) is 46.5. The average molecular weight is 821 g/mol. The van der Waals surface area contributed by atoms with Gasteiger partial charge in [0.1, 0.15) is 13.2 Å². The molecule has 0 amide bonds. The lowest BCUT2D eigenvalue weighted by atomic mass is 10.0. The molecule has 0 aliphatic heterocycles. The lowest BCUT2D eigenvalue weighted by Crippen LogP contribution is -2.30. The van der Waals surface area contributed by atoms with E-state index in [2.05, 4.69) is 27.7 Å². The summed E-state index contributed by atoms with van der Waals surface area (Å²) in [4.78, 5) is 37.9. The van der Waals surface area contributed by atoms with E-state index in [0.29, 0.717) is 19.3 Å². The summed E-state index contributed by atoms with van der Waals surface area (Å²) in [7, 11) is 0. The molecule has 0 fully saturated rings. The summed E-state index contributed by atoms with van der Waals surface area (Å²) in [6.45, 7) is 9.02. The summed E-state index contributed by atoms with van der Waals surface area (Å²) < 4.78 is 16.8. The first-order valence-electron chi connectivity index (χ1n) is 25.9. The van der Waals surface area contributed by atoms with E-state index in [1.807, 2.05) is 0 Å². The molecule has 0 aromatic heterocycles. The molecule has 6 nitrogen and oxygen atoms in total. The van der Waals surface area contributed by atoms with E-state index in [1.54, 1.807) is 0 Å². The zero-order valence-corrected chi connectivity index (χ0v) is 39.5. The Hall–Kier alpha value is -1.59. The van der Waals surface area contributed by atoms with Crippen LogP contribution in [0.2, 0.25) is 0 Å². The van der Waals surface area contributed by atoms with Gasteiger partial charge in [-0.3, -0.25) is 14.4 Å². The molecule has 0 aliphatic rings. The van der Waals surface area contributed by atoms with Crippen molar-refractivity contribution in [2.24, 2.45) is 5.92 Å². The third kappa shape index (κ3) is 45.5. The van der Waals surface area contributed by atoms with Gasteiger partial charge < -0.3 is 14.2 Å². The smallest absolute Gasteiger partial charge is 0.306 e. The minimum absolute atomic E-state index is 0.0627. The highest BCUT2D eigenvalue weighted by Crippen LogP contribution is 2.17. The lowest BCUT2D eigenvalue weighted by Gasteiger charge is -2.18. The molecule has 0 aliphatic carbocycles. The molecule has 0 heterocycles.